The normalized spacial score (nSPS) is 11.3. The van der Waals surface area contributed by atoms with Gasteiger partial charge in [0.25, 0.3) is 10.0 Å². The van der Waals surface area contributed by atoms with E-state index < -0.39 is 10.0 Å². The second-order valence-corrected chi connectivity index (χ2v) is 8.38. The number of aromatic nitrogens is 1. The smallest absolute Gasteiger partial charge is 0.271 e. The van der Waals surface area contributed by atoms with E-state index in [9.17, 15) is 8.42 Å². The van der Waals surface area contributed by atoms with E-state index in [0.717, 1.165) is 18.1 Å². The number of sulfonamides is 1. The average molecular weight is 374 g/mol. The molecule has 0 spiro atoms. The third kappa shape index (κ3) is 4.00. The predicted molar refractivity (Wildman–Crippen MR) is 103 cm³/mol. The summed E-state index contributed by atoms with van der Waals surface area (Å²) in [6, 6.07) is 15.0. The van der Waals surface area contributed by atoms with Gasteiger partial charge in [-0.25, -0.2) is 13.4 Å². The first-order valence-electron chi connectivity index (χ1n) is 7.86. The maximum atomic E-state index is 12.3. The molecule has 1 aromatic carbocycles. The number of anilines is 3. The minimum Gasteiger partial charge on any atom is -0.327 e. The van der Waals surface area contributed by atoms with E-state index >= 15 is 0 Å². The van der Waals surface area contributed by atoms with E-state index in [0.29, 0.717) is 5.69 Å². The Morgan fingerprint density at radius 3 is 2.60 bits per heavy atom. The van der Waals surface area contributed by atoms with Gasteiger partial charge < -0.3 is 4.90 Å². The van der Waals surface area contributed by atoms with Crippen molar-refractivity contribution in [2.75, 3.05) is 16.2 Å². The highest BCUT2D eigenvalue weighted by Gasteiger charge is 2.16. The number of nitrogens with one attached hydrogen (secondary N) is 1. The molecule has 0 aliphatic rings. The van der Waals surface area contributed by atoms with Crippen molar-refractivity contribution in [3.05, 3.63) is 65.7 Å². The van der Waals surface area contributed by atoms with Crippen molar-refractivity contribution in [3.63, 3.8) is 0 Å². The highest BCUT2D eigenvalue weighted by atomic mass is 32.2. The quantitative estimate of drug-likeness (QED) is 0.695. The van der Waals surface area contributed by atoms with Crippen LogP contribution in [0, 0.1) is 6.92 Å². The summed E-state index contributed by atoms with van der Waals surface area (Å²) < 4.78 is 27.4. The molecule has 0 amide bonds. The standard InChI is InChI=1S/C18H19N3O2S2/c1-3-21(16-7-4-6-14(2)12-16)17-10-9-15(13-19-17)20-25(22,23)18-8-5-11-24-18/h4-13,20H,3H2,1-2H3. The molecule has 130 valence electrons. The Morgan fingerprint density at radius 2 is 2.00 bits per heavy atom. The molecule has 1 N–H and O–H groups in total. The molecule has 0 radical (unpaired) electrons. The van der Waals surface area contributed by atoms with Crippen molar-refractivity contribution in [2.24, 2.45) is 0 Å². The molecule has 0 fully saturated rings. The van der Waals surface area contributed by atoms with Crippen LogP contribution in [-0.2, 0) is 10.0 Å². The zero-order valence-corrected chi connectivity index (χ0v) is 15.6. The number of pyridine rings is 1. The first-order chi connectivity index (χ1) is 12.0. The monoisotopic (exact) mass is 373 g/mol. The molecule has 0 bridgehead atoms. The molecule has 3 aromatic rings. The van der Waals surface area contributed by atoms with Crippen LogP contribution in [0.25, 0.3) is 0 Å². The van der Waals surface area contributed by atoms with Crippen LogP contribution in [0.3, 0.4) is 0 Å². The molecule has 0 aliphatic heterocycles. The lowest BCUT2D eigenvalue weighted by molar-refractivity contribution is 0.603. The topological polar surface area (TPSA) is 62.3 Å². The van der Waals surface area contributed by atoms with Crippen LogP contribution in [0.4, 0.5) is 17.2 Å². The van der Waals surface area contributed by atoms with Crippen molar-refractivity contribution >= 4 is 38.6 Å². The summed E-state index contributed by atoms with van der Waals surface area (Å²) in [5.74, 6) is 0.771. The van der Waals surface area contributed by atoms with Crippen LogP contribution in [0.15, 0.2) is 64.3 Å². The molecule has 7 heteroatoms. The number of nitrogens with zero attached hydrogens (tertiary/aromatic N) is 2. The zero-order chi connectivity index (χ0) is 17.9. The molecular weight excluding hydrogens is 354 g/mol. The van der Waals surface area contributed by atoms with Gasteiger partial charge in [0.2, 0.25) is 0 Å². The molecule has 2 heterocycles. The number of aryl methyl sites for hydroxylation is 1. The number of hydrogen-bond donors (Lipinski definition) is 1. The van der Waals surface area contributed by atoms with E-state index in [-0.39, 0.29) is 4.21 Å². The number of hydrogen-bond acceptors (Lipinski definition) is 5. The van der Waals surface area contributed by atoms with E-state index in [1.165, 1.54) is 16.9 Å². The van der Waals surface area contributed by atoms with Gasteiger partial charge in [-0.1, -0.05) is 18.2 Å². The minimum atomic E-state index is -3.55. The highest BCUT2D eigenvalue weighted by Crippen LogP contribution is 2.26. The van der Waals surface area contributed by atoms with Crippen molar-refractivity contribution in [3.8, 4) is 0 Å². The van der Waals surface area contributed by atoms with Crippen LogP contribution < -0.4 is 9.62 Å². The minimum absolute atomic E-state index is 0.284. The van der Waals surface area contributed by atoms with E-state index in [2.05, 4.69) is 27.6 Å². The highest BCUT2D eigenvalue weighted by molar-refractivity contribution is 7.94. The summed E-state index contributed by atoms with van der Waals surface area (Å²) >= 11 is 1.18. The first-order valence-corrected chi connectivity index (χ1v) is 10.2. The van der Waals surface area contributed by atoms with Gasteiger partial charge in [-0.2, -0.15) is 0 Å². The summed E-state index contributed by atoms with van der Waals surface area (Å²) in [6.45, 7) is 4.86. The van der Waals surface area contributed by atoms with Gasteiger partial charge in [0.1, 0.15) is 10.0 Å². The fraction of sp³-hybridized carbons (Fsp3) is 0.167. The van der Waals surface area contributed by atoms with Crippen LogP contribution >= 0.6 is 11.3 Å². The second kappa shape index (κ2) is 7.25. The molecule has 0 saturated heterocycles. The van der Waals surface area contributed by atoms with Crippen molar-refractivity contribution in [1.29, 1.82) is 0 Å². The van der Waals surface area contributed by atoms with Gasteiger partial charge in [-0.05, 0) is 55.1 Å². The predicted octanol–water partition coefficient (Wildman–Crippen LogP) is 4.41. The Kier molecular flexibility index (Phi) is 5.06. The first kappa shape index (κ1) is 17.4. The Hall–Kier alpha value is -2.38. The average Bonchev–Trinajstić information content (AvgIpc) is 3.12. The van der Waals surface area contributed by atoms with Gasteiger partial charge in [0.15, 0.2) is 0 Å². The van der Waals surface area contributed by atoms with Crippen LogP contribution in [0.5, 0.6) is 0 Å². The molecule has 5 nitrogen and oxygen atoms in total. The number of benzene rings is 1. The van der Waals surface area contributed by atoms with E-state index in [1.807, 2.05) is 31.2 Å². The van der Waals surface area contributed by atoms with Crippen molar-refractivity contribution < 1.29 is 8.42 Å². The maximum Gasteiger partial charge on any atom is 0.271 e. The van der Waals surface area contributed by atoms with E-state index in [1.54, 1.807) is 29.8 Å². The van der Waals surface area contributed by atoms with Gasteiger partial charge >= 0.3 is 0 Å². The molecule has 0 unspecified atom stereocenters. The van der Waals surface area contributed by atoms with Crippen LogP contribution in [-0.4, -0.2) is 19.9 Å². The molecule has 25 heavy (non-hydrogen) atoms. The third-order valence-corrected chi connectivity index (χ3v) is 6.44. The molecule has 2 aromatic heterocycles. The lowest BCUT2D eigenvalue weighted by Crippen LogP contribution is -2.18. The van der Waals surface area contributed by atoms with E-state index in [4.69, 9.17) is 0 Å². The molecule has 3 rings (SSSR count). The third-order valence-electron chi connectivity index (χ3n) is 3.67. The summed E-state index contributed by atoms with van der Waals surface area (Å²) in [5.41, 5.74) is 2.68. The van der Waals surface area contributed by atoms with Crippen molar-refractivity contribution in [2.45, 2.75) is 18.1 Å². The van der Waals surface area contributed by atoms with Crippen LogP contribution in [0.2, 0.25) is 0 Å². The van der Waals surface area contributed by atoms with Gasteiger partial charge in [-0.3, -0.25) is 4.72 Å². The summed E-state index contributed by atoms with van der Waals surface area (Å²) in [5, 5.41) is 1.73. The van der Waals surface area contributed by atoms with Gasteiger partial charge in [-0.15, -0.1) is 11.3 Å². The zero-order valence-electron chi connectivity index (χ0n) is 14.0. The summed E-state index contributed by atoms with van der Waals surface area (Å²) in [4.78, 5) is 6.50. The van der Waals surface area contributed by atoms with Crippen molar-refractivity contribution in [1.82, 2.24) is 4.98 Å². The molecule has 0 aliphatic carbocycles. The second-order valence-electron chi connectivity index (χ2n) is 5.53. The number of thiophene rings is 1. The van der Waals surface area contributed by atoms with Gasteiger partial charge in [0, 0.05) is 12.2 Å². The number of rotatable bonds is 6. The summed E-state index contributed by atoms with van der Waals surface area (Å²) in [7, 11) is -3.55. The fourth-order valence-electron chi connectivity index (χ4n) is 2.50. The Bertz CT molecular complexity index is 937. The SMILES string of the molecule is CCN(c1cccc(C)c1)c1ccc(NS(=O)(=O)c2cccs2)cn1. The largest absolute Gasteiger partial charge is 0.327 e. The Balaban J connectivity index is 1.82. The molecule has 0 atom stereocenters. The van der Waals surface area contributed by atoms with Crippen LogP contribution in [0.1, 0.15) is 12.5 Å². The summed E-state index contributed by atoms with van der Waals surface area (Å²) in [6.07, 6.45) is 1.54. The maximum absolute atomic E-state index is 12.3. The lowest BCUT2D eigenvalue weighted by atomic mass is 10.2. The lowest BCUT2D eigenvalue weighted by Gasteiger charge is -2.22. The fourth-order valence-corrected chi connectivity index (χ4v) is 4.54. The Labute approximate surface area is 152 Å². The molecular formula is C18H19N3O2S2. The van der Waals surface area contributed by atoms with Gasteiger partial charge in [0.05, 0.1) is 11.9 Å². The molecule has 0 saturated carbocycles. The Morgan fingerprint density at radius 1 is 1.16 bits per heavy atom.